The van der Waals surface area contributed by atoms with E-state index in [-0.39, 0.29) is 19.1 Å². The molecule has 1 amide bonds. The molecule has 0 spiro atoms. The van der Waals surface area contributed by atoms with Gasteiger partial charge < -0.3 is 10.4 Å². The molecule has 0 saturated heterocycles. The topological polar surface area (TPSA) is 75.1 Å². The maximum absolute atomic E-state index is 13.6. The molecule has 0 aliphatic carbocycles. The van der Waals surface area contributed by atoms with Gasteiger partial charge in [-0.1, -0.05) is 16.3 Å². The van der Waals surface area contributed by atoms with Crippen molar-refractivity contribution in [1.29, 1.82) is 0 Å². The van der Waals surface area contributed by atoms with Crippen LogP contribution in [0.25, 0.3) is 0 Å². The third kappa shape index (κ3) is 3.60. The van der Waals surface area contributed by atoms with Crippen molar-refractivity contribution in [2.75, 3.05) is 6.61 Å². The van der Waals surface area contributed by atoms with Crippen molar-refractivity contribution in [2.24, 2.45) is 0 Å². The van der Waals surface area contributed by atoms with Crippen molar-refractivity contribution in [3.8, 4) is 11.8 Å². The van der Waals surface area contributed by atoms with Crippen molar-refractivity contribution in [3.63, 3.8) is 0 Å². The van der Waals surface area contributed by atoms with Crippen molar-refractivity contribution in [3.05, 3.63) is 46.2 Å². The van der Waals surface area contributed by atoms with Gasteiger partial charge in [-0.15, -0.1) is 5.10 Å². The Morgan fingerprint density at radius 1 is 1.50 bits per heavy atom. The molecule has 1 heterocycles. The largest absolute Gasteiger partial charge is 0.384 e. The zero-order chi connectivity index (χ0) is 14.4. The first-order valence-electron chi connectivity index (χ1n) is 5.64. The summed E-state index contributed by atoms with van der Waals surface area (Å²) in [7, 11) is 0. The monoisotopic (exact) mass is 291 g/mol. The van der Waals surface area contributed by atoms with Crippen LogP contribution in [0.1, 0.15) is 20.8 Å². The number of hydrogen-bond donors (Lipinski definition) is 2. The van der Waals surface area contributed by atoms with Gasteiger partial charge in [0, 0.05) is 17.7 Å². The number of benzene rings is 1. The molecule has 0 aliphatic rings. The number of aliphatic hydroxyl groups excluding tert-OH is 1. The normalized spacial score (nSPS) is 9.70. The van der Waals surface area contributed by atoms with Crippen molar-refractivity contribution >= 4 is 17.4 Å². The van der Waals surface area contributed by atoms with Gasteiger partial charge in [0.1, 0.15) is 17.3 Å². The molecule has 20 heavy (non-hydrogen) atoms. The van der Waals surface area contributed by atoms with Crippen LogP contribution in [0.3, 0.4) is 0 Å². The summed E-state index contributed by atoms with van der Waals surface area (Å²) in [6.07, 6.45) is 1.35. The molecule has 0 bridgehead atoms. The van der Waals surface area contributed by atoms with E-state index in [1.807, 2.05) is 0 Å². The minimum absolute atomic E-state index is 0.0389. The molecule has 102 valence electrons. The summed E-state index contributed by atoms with van der Waals surface area (Å²) in [5.41, 5.74) is 0.893. The maximum atomic E-state index is 13.6. The van der Waals surface area contributed by atoms with E-state index in [0.717, 1.165) is 11.5 Å². The summed E-state index contributed by atoms with van der Waals surface area (Å²) in [4.78, 5) is 12.0. The maximum Gasteiger partial charge on any atom is 0.264 e. The van der Waals surface area contributed by atoms with Crippen LogP contribution in [0.15, 0.2) is 24.4 Å². The lowest BCUT2D eigenvalue weighted by Crippen LogP contribution is -2.22. The lowest BCUT2D eigenvalue weighted by molar-refractivity contribution is 0.0954. The molecule has 0 fully saturated rings. The van der Waals surface area contributed by atoms with Crippen LogP contribution >= 0.6 is 11.5 Å². The molecule has 2 aromatic rings. The minimum Gasteiger partial charge on any atom is -0.384 e. The number of nitrogens with zero attached hydrogens (tertiary/aromatic N) is 2. The summed E-state index contributed by atoms with van der Waals surface area (Å²) in [5.74, 6) is 4.38. The van der Waals surface area contributed by atoms with Crippen molar-refractivity contribution < 1.29 is 14.3 Å². The first-order chi connectivity index (χ1) is 9.70. The lowest BCUT2D eigenvalue weighted by Gasteiger charge is -2.05. The second-order valence-corrected chi connectivity index (χ2v) is 4.52. The van der Waals surface area contributed by atoms with E-state index >= 15 is 0 Å². The highest BCUT2D eigenvalue weighted by Crippen LogP contribution is 2.10. The second kappa shape index (κ2) is 6.75. The number of carbonyl (C=O) groups excluding carboxylic acids is 1. The Morgan fingerprint density at radius 2 is 2.35 bits per heavy atom. The molecule has 0 saturated carbocycles. The van der Waals surface area contributed by atoms with Crippen molar-refractivity contribution in [1.82, 2.24) is 14.9 Å². The predicted molar refractivity (Wildman–Crippen MR) is 71.4 cm³/mol. The van der Waals surface area contributed by atoms with Gasteiger partial charge >= 0.3 is 0 Å². The fraction of sp³-hybridized carbons (Fsp3) is 0.154. The molecule has 5 nitrogen and oxygen atoms in total. The van der Waals surface area contributed by atoms with E-state index in [0.29, 0.717) is 16.0 Å². The van der Waals surface area contributed by atoms with E-state index in [1.165, 1.54) is 24.4 Å². The smallest absolute Gasteiger partial charge is 0.264 e. The van der Waals surface area contributed by atoms with Gasteiger partial charge in [-0.25, -0.2) is 4.39 Å². The zero-order valence-electron chi connectivity index (χ0n) is 10.3. The fourth-order valence-corrected chi connectivity index (χ4v) is 1.89. The number of carbonyl (C=O) groups is 1. The van der Waals surface area contributed by atoms with Crippen LogP contribution in [0.4, 0.5) is 4.39 Å². The van der Waals surface area contributed by atoms with E-state index in [2.05, 4.69) is 26.7 Å². The summed E-state index contributed by atoms with van der Waals surface area (Å²) in [5, 5.41) is 14.8. The highest BCUT2D eigenvalue weighted by Gasteiger charge is 2.09. The van der Waals surface area contributed by atoms with Gasteiger partial charge in [-0.2, -0.15) is 0 Å². The molecule has 2 N–H and O–H groups in total. The van der Waals surface area contributed by atoms with Crippen LogP contribution in [-0.2, 0) is 6.54 Å². The van der Waals surface area contributed by atoms with Gasteiger partial charge in [0.25, 0.3) is 5.91 Å². The first kappa shape index (κ1) is 14.1. The number of aromatic nitrogens is 2. The van der Waals surface area contributed by atoms with Gasteiger partial charge in [0.05, 0.1) is 6.20 Å². The average molecular weight is 291 g/mol. The number of halogens is 1. The Hall–Kier alpha value is -2.30. The minimum atomic E-state index is -0.428. The molecule has 2 rings (SSSR count). The van der Waals surface area contributed by atoms with E-state index in [9.17, 15) is 9.18 Å². The van der Waals surface area contributed by atoms with Crippen LogP contribution < -0.4 is 5.32 Å². The third-order valence-electron chi connectivity index (χ3n) is 2.38. The Morgan fingerprint density at radius 3 is 3.05 bits per heavy atom. The van der Waals surface area contributed by atoms with E-state index in [4.69, 9.17) is 5.11 Å². The van der Waals surface area contributed by atoms with Gasteiger partial charge in [0.2, 0.25) is 0 Å². The molecular formula is C13H10FN3O2S. The predicted octanol–water partition coefficient (Wildman–Crippen LogP) is 0.951. The molecule has 0 aliphatic heterocycles. The Balaban J connectivity index is 2.07. The number of rotatable bonds is 3. The molecular weight excluding hydrogens is 281 g/mol. The Labute approximate surface area is 118 Å². The third-order valence-corrected chi connectivity index (χ3v) is 3.05. The molecule has 0 radical (unpaired) electrons. The lowest BCUT2D eigenvalue weighted by atomic mass is 10.1. The second-order valence-electron chi connectivity index (χ2n) is 3.73. The summed E-state index contributed by atoms with van der Waals surface area (Å²) in [6, 6.07) is 4.32. The van der Waals surface area contributed by atoms with Crippen LogP contribution in [0.2, 0.25) is 0 Å². The number of amides is 1. The summed E-state index contributed by atoms with van der Waals surface area (Å²) in [6.45, 7) is -0.223. The van der Waals surface area contributed by atoms with Crippen LogP contribution in [0, 0.1) is 17.7 Å². The molecule has 0 unspecified atom stereocenters. The van der Waals surface area contributed by atoms with Gasteiger partial charge in [0.15, 0.2) is 0 Å². The highest BCUT2D eigenvalue weighted by atomic mass is 32.1. The van der Waals surface area contributed by atoms with Gasteiger partial charge in [-0.05, 0) is 29.7 Å². The fourth-order valence-electron chi connectivity index (χ4n) is 1.46. The zero-order valence-corrected chi connectivity index (χ0v) is 11.1. The first-order valence-corrected chi connectivity index (χ1v) is 6.41. The highest BCUT2D eigenvalue weighted by molar-refractivity contribution is 7.07. The van der Waals surface area contributed by atoms with Crippen molar-refractivity contribution in [2.45, 2.75) is 6.54 Å². The average Bonchev–Trinajstić information content (AvgIpc) is 2.99. The molecule has 7 heteroatoms. The molecule has 0 atom stereocenters. The summed E-state index contributed by atoms with van der Waals surface area (Å²) < 4.78 is 17.2. The van der Waals surface area contributed by atoms with E-state index < -0.39 is 5.82 Å². The Kier molecular flexibility index (Phi) is 4.76. The quantitative estimate of drug-likeness (QED) is 0.826. The summed E-state index contributed by atoms with van der Waals surface area (Å²) >= 11 is 0.968. The van der Waals surface area contributed by atoms with Crippen LogP contribution in [0.5, 0.6) is 0 Å². The SMILES string of the molecule is O=C(NCc1cc(C#CCO)ccc1F)c1cnns1. The standard InChI is InChI=1S/C13H10FN3O2S/c14-11-4-3-9(2-1-5-18)6-10(11)7-15-13(19)12-8-16-17-20-12/h3-4,6,8,18H,5,7H2,(H,15,19). The molecule has 1 aromatic carbocycles. The van der Waals surface area contributed by atoms with E-state index in [1.54, 1.807) is 0 Å². The van der Waals surface area contributed by atoms with Crippen LogP contribution in [-0.4, -0.2) is 27.2 Å². The Bertz CT molecular complexity index is 662. The molecule has 1 aromatic heterocycles. The number of aliphatic hydroxyl groups is 1. The van der Waals surface area contributed by atoms with Gasteiger partial charge in [-0.3, -0.25) is 4.79 Å². The number of hydrogen-bond acceptors (Lipinski definition) is 5. The number of nitrogens with one attached hydrogen (secondary N) is 1.